The van der Waals surface area contributed by atoms with E-state index in [1.165, 1.54) is 17.3 Å². The average molecular weight is 355 g/mol. The van der Waals surface area contributed by atoms with Gasteiger partial charge in [0.15, 0.2) is 16.6 Å². The van der Waals surface area contributed by atoms with Crippen LogP contribution in [0.3, 0.4) is 0 Å². The molecular formula is C15H22N4O2S2. The van der Waals surface area contributed by atoms with Crippen LogP contribution < -0.4 is 5.43 Å². The number of aromatic nitrogens is 2. The molecule has 0 bridgehead atoms. The normalized spacial score (nSPS) is 18.3. The van der Waals surface area contributed by atoms with E-state index >= 15 is 0 Å². The van der Waals surface area contributed by atoms with Crippen molar-refractivity contribution in [1.29, 1.82) is 0 Å². The zero-order chi connectivity index (χ0) is 17.4. The Bertz CT molecular complexity index is 613. The summed E-state index contributed by atoms with van der Waals surface area (Å²) in [6, 6.07) is 0. The molecule has 1 aliphatic rings. The number of nitrogens with zero attached hydrogens (tertiary/aromatic N) is 3. The third kappa shape index (κ3) is 3.92. The topological polar surface area (TPSA) is 79.6 Å². The number of thiocarbonyl (C=S) groups is 1. The van der Waals surface area contributed by atoms with Crippen molar-refractivity contribution in [2.45, 2.75) is 57.9 Å². The van der Waals surface area contributed by atoms with Gasteiger partial charge in [-0.15, -0.1) is 0 Å². The van der Waals surface area contributed by atoms with Gasteiger partial charge in [-0.3, -0.25) is 5.43 Å². The minimum atomic E-state index is -0.379. The van der Waals surface area contributed by atoms with Crippen LogP contribution in [0.25, 0.3) is 0 Å². The monoisotopic (exact) mass is 354 g/mol. The third-order valence-corrected chi connectivity index (χ3v) is 4.20. The van der Waals surface area contributed by atoms with Crippen molar-refractivity contribution < 1.29 is 9.84 Å². The lowest BCUT2D eigenvalue weighted by Crippen LogP contribution is -2.23. The summed E-state index contributed by atoms with van der Waals surface area (Å²) >= 11 is 6.03. The number of thioether (sulfide) groups is 1. The standard InChI is InChI=1S/C15H22N4O2S2/c1-14(2,3)9-8(20)10(15(4,5)6)17-11(16-9)12-18-19-13(23-12)21-7-22/h7,13,19-20H,1-6H3. The molecule has 2 N–H and O–H groups in total. The van der Waals surface area contributed by atoms with Crippen LogP contribution in [0.5, 0.6) is 5.75 Å². The van der Waals surface area contributed by atoms with Gasteiger partial charge in [0.1, 0.15) is 5.55 Å². The molecule has 1 unspecified atom stereocenters. The molecule has 6 nitrogen and oxygen atoms in total. The Hall–Kier alpha value is -1.41. The van der Waals surface area contributed by atoms with Gasteiger partial charge in [-0.25, -0.2) is 9.97 Å². The summed E-state index contributed by atoms with van der Waals surface area (Å²) in [6.45, 7) is 12.0. The minimum absolute atomic E-state index is 0.150. The summed E-state index contributed by atoms with van der Waals surface area (Å²) in [5, 5.41) is 15.5. The molecule has 0 saturated carbocycles. The van der Waals surface area contributed by atoms with E-state index in [1.54, 1.807) is 0 Å². The fraction of sp³-hybridized carbons (Fsp3) is 0.600. The molecule has 2 rings (SSSR count). The SMILES string of the molecule is CC(C)(C)c1nc(C2=NNC(OC=S)S2)nc(C(C)(C)C)c1O. The van der Waals surface area contributed by atoms with E-state index in [1.807, 2.05) is 41.5 Å². The number of hydrazone groups is 1. The van der Waals surface area contributed by atoms with Crippen LogP contribution >= 0.6 is 24.0 Å². The van der Waals surface area contributed by atoms with E-state index in [0.717, 1.165) is 0 Å². The van der Waals surface area contributed by atoms with Gasteiger partial charge in [0.2, 0.25) is 5.56 Å². The van der Waals surface area contributed by atoms with Gasteiger partial charge in [-0.1, -0.05) is 41.5 Å². The first-order valence-corrected chi connectivity index (χ1v) is 8.60. The van der Waals surface area contributed by atoms with Gasteiger partial charge in [0.25, 0.3) is 0 Å². The highest BCUT2D eigenvalue weighted by molar-refractivity contribution is 8.15. The fourth-order valence-corrected chi connectivity index (χ4v) is 2.98. The summed E-state index contributed by atoms with van der Waals surface area (Å²) in [6.07, 6.45) is 0. The van der Waals surface area contributed by atoms with Crippen molar-refractivity contribution in [2.75, 3.05) is 0 Å². The number of aromatic hydroxyl groups is 1. The summed E-state index contributed by atoms with van der Waals surface area (Å²) in [4.78, 5) is 9.10. The molecule has 0 fully saturated rings. The third-order valence-electron chi connectivity index (χ3n) is 3.17. The molecule has 0 aliphatic carbocycles. The second-order valence-corrected chi connectivity index (χ2v) is 8.56. The smallest absolute Gasteiger partial charge is 0.239 e. The lowest BCUT2D eigenvalue weighted by Gasteiger charge is -2.25. The Balaban J connectivity index is 2.51. The maximum Gasteiger partial charge on any atom is 0.239 e. The van der Waals surface area contributed by atoms with Gasteiger partial charge in [0.05, 0.1) is 11.4 Å². The van der Waals surface area contributed by atoms with Crippen molar-refractivity contribution in [2.24, 2.45) is 5.10 Å². The molecule has 1 atom stereocenters. The highest BCUT2D eigenvalue weighted by Crippen LogP contribution is 2.37. The minimum Gasteiger partial charge on any atom is -0.504 e. The molecule has 1 aliphatic heterocycles. The molecule has 0 radical (unpaired) electrons. The predicted octanol–water partition coefficient (Wildman–Crippen LogP) is 3.03. The van der Waals surface area contributed by atoms with Crippen molar-refractivity contribution >= 4 is 34.6 Å². The van der Waals surface area contributed by atoms with Crippen molar-refractivity contribution in [3.05, 3.63) is 17.2 Å². The summed E-state index contributed by atoms with van der Waals surface area (Å²) in [5.41, 5.74) is 4.22. The number of hydrogen-bond donors (Lipinski definition) is 2. The highest BCUT2D eigenvalue weighted by Gasteiger charge is 2.32. The zero-order valence-electron chi connectivity index (χ0n) is 14.2. The summed E-state index contributed by atoms with van der Waals surface area (Å²) < 4.78 is 5.20. The molecule has 0 saturated heterocycles. The number of rotatable bonds is 3. The second kappa shape index (κ2) is 6.24. The van der Waals surface area contributed by atoms with E-state index in [0.29, 0.717) is 22.3 Å². The van der Waals surface area contributed by atoms with Crippen LogP contribution in [0.1, 0.15) is 58.8 Å². The fourth-order valence-electron chi connectivity index (χ4n) is 2.07. The zero-order valence-corrected chi connectivity index (χ0v) is 15.8. The van der Waals surface area contributed by atoms with E-state index in [4.69, 9.17) is 4.74 Å². The Morgan fingerprint density at radius 2 is 1.65 bits per heavy atom. The van der Waals surface area contributed by atoms with E-state index in [9.17, 15) is 5.11 Å². The summed E-state index contributed by atoms with van der Waals surface area (Å²) in [5.74, 6) is 0.627. The molecule has 2 heterocycles. The van der Waals surface area contributed by atoms with Crippen LogP contribution in [-0.2, 0) is 15.6 Å². The molecule has 1 aromatic rings. The largest absolute Gasteiger partial charge is 0.504 e. The molecule has 0 aromatic carbocycles. The second-order valence-electron chi connectivity index (χ2n) is 7.32. The number of ether oxygens (including phenoxy) is 1. The number of nitrogens with one attached hydrogen (secondary N) is 1. The van der Waals surface area contributed by atoms with Crippen LogP contribution in [-0.4, -0.2) is 31.2 Å². The maximum atomic E-state index is 10.6. The van der Waals surface area contributed by atoms with Gasteiger partial charge >= 0.3 is 0 Å². The lowest BCUT2D eigenvalue weighted by molar-refractivity contribution is 0.262. The van der Waals surface area contributed by atoms with Gasteiger partial charge in [-0.2, -0.15) is 5.10 Å². The van der Waals surface area contributed by atoms with Crippen LogP contribution in [0, 0.1) is 0 Å². The van der Waals surface area contributed by atoms with E-state index in [2.05, 4.69) is 32.7 Å². The van der Waals surface area contributed by atoms with Gasteiger partial charge in [0, 0.05) is 10.8 Å². The Morgan fingerprint density at radius 3 is 2.09 bits per heavy atom. The Morgan fingerprint density at radius 1 is 1.13 bits per heavy atom. The highest BCUT2D eigenvalue weighted by atomic mass is 32.2. The molecule has 23 heavy (non-hydrogen) atoms. The van der Waals surface area contributed by atoms with Gasteiger partial charge in [-0.05, 0) is 24.0 Å². The summed E-state index contributed by atoms with van der Waals surface area (Å²) in [7, 11) is 0. The molecule has 0 spiro atoms. The van der Waals surface area contributed by atoms with Crippen LogP contribution in [0.15, 0.2) is 5.10 Å². The molecule has 0 amide bonds. The predicted molar refractivity (Wildman–Crippen MR) is 96.9 cm³/mol. The first-order chi connectivity index (χ1) is 10.5. The average Bonchev–Trinajstić information content (AvgIpc) is 2.85. The van der Waals surface area contributed by atoms with Crippen molar-refractivity contribution in [3.63, 3.8) is 0 Å². The molecule has 1 aromatic heterocycles. The van der Waals surface area contributed by atoms with Crippen molar-refractivity contribution in [1.82, 2.24) is 15.4 Å². The Kier molecular flexibility index (Phi) is 4.86. The van der Waals surface area contributed by atoms with E-state index < -0.39 is 0 Å². The maximum absolute atomic E-state index is 10.6. The molecule has 8 heteroatoms. The first kappa shape index (κ1) is 17.9. The van der Waals surface area contributed by atoms with Crippen LogP contribution in [0.2, 0.25) is 0 Å². The van der Waals surface area contributed by atoms with E-state index in [-0.39, 0.29) is 22.1 Å². The Labute approximate surface area is 146 Å². The van der Waals surface area contributed by atoms with Crippen molar-refractivity contribution in [3.8, 4) is 5.75 Å². The molecule has 126 valence electrons. The van der Waals surface area contributed by atoms with Crippen LogP contribution in [0.4, 0.5) is 0 Å². The van der Waals surface area contributed by atoms with Gasteiger partial charge < -0.3 is 9.84 Å². The first-order valence-electron chi connectivity index (χ1n) is 7.25. The quantitative estimate of drug-likeness (QED) is 0.808. The molecular weight excluding hydrogens is 332 g/mol. The lowest BCUT2D eigenvalue weighted by atomic mass is 9.85. The number of hydrogen-bond acceptors (Lipinski definition) is 8.